The van der Waals surface area contributed by atoms with E-state index in [1.54, 1.807) is 0 Å². The molecule has 3 unspecified atom stereocenters. The van der Waals surface area contributed by atoms with Crippen LogP contribution in [0.2, 0.25) is 0 Å². The summed E-state index contributed by atoms with van der Waals surface area (Å²) in [5, 5.41) is 19.7. The zero-order chi connectivity index (χ0) is 18.8. The van der Waals surface area contributed by atoms with Crippen molar-refractivity contribution in [1.82, 2.24) is 0 Å². The van der Waals surface area contributed by atoms with Crippen molar-refractivity contribution in [3.05, 3.63) is 69.8 Å². The van der Waals surface area contributed by atoms with Crippen molar-refractivity contribution in [1.29, 1.82) is 0 Å². The lowest BCUT2D eigenvalue weighted by Gasteiger charge is -2.33. The Hall–Kier alpha value is -1.68. The maximum Gasteiger partial charge on any atom is 0.0854 e. The standard InChI is InChI=1S/C24H30O3/c1-2-16-6-8-17(9-7-16)10-19-12-20(11-18-4-3-5-23(18)19)24-14-21(26)13-22(15-25)27-24/h6-9,11-12,21-22,24-26H,2-5,10,13-15H2,1H3. The van der Waals surface area contributed by atoms with Crippen molar-refractivity contribution in [2.24, 2.45) is 0 Å². The van der Waals surface area contributed by atoms with Gasteiger partial charge >= 0.3 is 0 Å². The van der Waals surface area contributed by atoms with Gasteiger partial charge in [-0.3, -0.25) is 0 Å². The Balaban J connectivity index is 1.63. The van der Waals surface area contributed by atoms with Gasteiger partial charge in [-0.2, -0.15) is 0 Å². The Bertz CT molecular complexity index is 781. The topological polar surface area (TPSA) is 49.7 Å². The van der Waals surface area contributed by atoms with Crippen LogP contribution in [0.15, 0.2) is 36.4 Å². The Kier molecular flexibility index (Phi) is 5.63. The molecule has 2 aliphatic rings. The molecule has 0 amide bonds. The Morgan fingerprint density at radius 2 is 1.81 bits per heavy atom. The maximum atomic E-state index is 10.2. The van der Waals surface area contributed by atoms with E-state index in [2.05, 4.69) is 43.3 Å². The molecule has 2 aromatic carbocycles. The van der Waals surface area contributed by atoms with Crippen molar-refractivity contribution in [2.45, 2.75) is 70.2 Å². The first-order valence-corrected chi connectivity index (χ1v) is 10.3. The molecule has 1 aliphatic heterocycles. The summed E-state index contributed by atoms with van der Waals surface area (Å²) in [7, 11) is 0. The van der Waals surface area contributed by atoms with Gasteiger partial charge < -0.3 is 14.9 Å². The summed E-state index contributed by atoms with van der Waals surface area (Å²) in [4.78, 5) is 0. The summed E-state index contributed by atoms with van der Waals surface area (Å²) in [6.07, 6.45) is 5.85. The molecule has 144 valence electrons. The molecule has 3 heteroatoms. The molecule has 4 rings (SSSR count). The first kappa shape index (κ1) is 18.7. The van der Waals surface area contributed by atoms with Gasteiger partial charge in [0.05, 0.1) is 24.9 Å². The number of fused-ring (bicyclic) bond motifs is 1. The number of rotatable bonds is 5. The minimum Gasteiger partial charge on any atom is -0.394 e. The Morgan fingerprint density at radius 1 is 1.04 bits per heavy atom. The van der Waals surface area contributed by atoms with Crippen LogP contribution in [0.5, 0.6) is 0 Å². The van der Waals surface area contributed by atoms with E-state index in [-0.39, 0.29) is 18.8 Å². The average molecular weight is 367 g/mol. The van der Waals surface area contributed by atoms with E-state index in [0.717, 1.165) is 31.2 Å². The van der Waals surface area contributed by atoms with Gasteiger partial charge in [0.2, 0.25) is 0 Å². The zero-order valence-electron chi connectivity index (χ0n) is 16.2. The number of aliphatic hydroxyl groups excluding tert-OH is 2. The fourth-order valence-electron chi connectivity index (χ4n) is 4.60. The molecule has 1 heterocycles. The molecule has 0 aromatic heterocycles. The van der Waals surface area contributed by atoms with Crippen LogP contribution in [0, 0.1) is 0 Å². The second-order valence-corrected chi connectivity index (χ2v) is 8.07. The van der Waals surface area contributed by atoms with Crippen LogP contribution >= 0.6 is 0 Å². The normalized spacial score (nSPS) is 24.8. The van der Waals surface area contributed by atoms with E-state index in [4.69, 9.17) is 4.74 Å². The predicted molar refractivity (Wildman–Crippen MR) is 107 cm³/mol. The molecule has 0 spiro atoms. The highest BCUT2D eigenvalue weighted by Crippen LogP contribution is 2.36. The number of aryl methyl sites for hydroxylation is 2. The third-order valence-corrected chi connectivity index (χ3v) is 6.11. The van der Waals surface area contributed by atoms with Gasteiger partial charge in [0.15, 0.2) is 0 Å². The minimum atomic E-state index is -0.404. The summed E-state index contributed by atoms with van der Waals surface area (Å²) in [6, 6.07) is 13.5. The largest absolute Gasteiger partial charge is 0.394 e. The fourth-order valence-corrected chi connectivity index (χ4v) is 4.60. The second-order valence-electron chi connectivity index (χ2n) is 8.07. The van der Waals surface area contributed by atoms with Crippen molar-refractivity contribution < 1.29 is 14.9 Å². The van der Waals surface area contributed by atoms with Crippen molar-refractivity contribution in [2.75, 3.05) is 6.61 Å². The lowest BCUT2D eigenvalue weighted by atomic mass is 9.89. The van der Waals surface area contributed by atoms with Crippen LogP contribution in [0.3, 0.4) is 0 Å². The highest BCUT2D eigenvalue weighted by Gasteiger charge is 2.30. The highest BCUT2D eigenvalue weighted by atomic mass is 16.5. The quantitative estimate of drug-likeness (QED) is 0.844. The number of hydrogen-bond donors (Lipinski definition) is 2. The zero-order valence-corrected chi connectivity index (χ0v) is 16.2. The number of aliphatic hydroxyl groups is 2. The highest BCUT2D eigenvalue weighted by molar-refractivity contribution is 5.45. The predicted octanol–water partition coefficient (Wildman–Crippen LogP) is 3.90. The van der Waals surface area contributed by atoms with Crippen LogP contribution in [-0.4, -0.2) is 29.0 Å². The first-order valence-electron chi connectivity index (χ1n) is 10.3. The summed E-state index contributed by atoms with van der Waals surface area (Å²) in [5.74, 6) is 0. The van der Waals surface area contributed by atoms with Gasteiger partial charge in [-0.05, 0) is 65.5 Å². The molecule has 2 aromatic rings. The lowest BCUT2D eigenvalue weighted by molar-refractivity contribution is -0.113. The SMILES string of the molecule is CCc1ccc(Cc2cc(C3CC(O)CC(CO)O3)cc3c2CCC3)cc1. The van der Waals surface area contributed by atoms with E-state index in [1.165, 1.54) is 34.2 Å². The van der Waals surface area contributed by atoms with Gasteiger partial charge in [0, 0.05) is 12.8 Å². The van der Waals surface area contributed by atoms with Crippen LogP contribution in [-0.2, 0) is 30.4 Å². The summed E-state index contributed by atoms with van der Waals surface area (Å²) in [5.41, 5.74) is 8.22. The number of hydrogen-bond acceptors (Lipinski definition) is 3. The van der Waals surface area contributed by atoms with Crippen LogP contribution < -0.4 is 0 Å². The minimum absolute atomic E-state index is 0.0326. The summed E-state index contributed by atoms with van der Waals surface area (Å²) >= 11 is 0. The molecule has 0 saturated carbocycles. The van der Waals surface area contributed by atoms with E-state index in [1.807, 2.05) is 0 Å². The molecule has 3 nitrogen and oxygen atoms in total. The van der Waals surface area contributed by atoms with E-state index < -0.39 is 6.10 Å². The lowest BCUT2D eigenvalue weighted by Crippen LogP contribution is -2.33. The molecule has 1 saturated heterocycles. The van der Waals surface area contributed by atoms with Gasteiger partial charge in [0.1, 0.15) is 0 Å². The number of ether oxygens (including phenoxy) is 1. The molecule has 2 N–H and O–H groups in total. The van der Waals surface area contributed by atoms with Crippen molar-refractivity contribution in [3.8, 4) is 0 Å². The van der Waals surface area contributed by atoms with E-state index in [0.29, 0.717) is 12.8 Å². The van der Waals surface area contributed by atoms with Gasteiger partial charge in [-0.15, -0.1) is 0 Å². The summed E-state index contributed by atoms with van der Waals surface area (Å²) in [6.45, 7) is 2.15. The van der Waals surface area contributed by atoms with Crippen LogP contribution in [0.1, 0.15) is 65.7 Å². The summed E-state index contributed by atoms with van der Waals surface area (Å²) < 4.78 is 6.08. The molecule has 0 radical (unpaired) electrons. The number of benzene rings is 2. The van der Waals surface area contributed by atoms with Gasteiger partial charge in [0.25, 0.3) is 0 Å². The molecular weight excluding hydrogens is 336 g/mol. The molecule has 1 fully saturated rings. The first-order chi connectivity index (χ1) is 13.2. The molecule has 0 bridgehead atoms. The molecular formula is C24H30O3. The van der Waals surface area contributed by atoms with Gasteiger partial charge in [-0.1, -0.05) is 43.3 Å². The van der Waals surface area contributed by atoms with Crippen molar-refractivity contribution in [3.63, 3.8) is 0 Å². The maximum absolute atomic E-state index is 10.2. The third-order valence-electron chi connectivity index (χ3n) is 6.11. The van der Waals surface area contributed by atoms with Gasteiger partial charge in [-0.25, -0.2) is 0 Å². The molecule has 1 aliphatic carbocycles. The van der Waals surface area contributed by atoms with Crippen LogP contribution in [0.4, 0.5) is 0 Å². The smallest absolute Gasteiger partial charge is 0.0854 e. The second kappa shape index (κ2) is 8.14. The molecule has 3 atom stereocenters. The Labute approximate surface area is 162 Å². The van der Waals surface area contributed by atoms with E-state index in [9.17, 15) is 10.2 Å². The van der Waals surface area contributed by atoms with Crippen molar-refractivity contribution >= 4 is 0 Å². The monoisotopic (exact) mass is 366 g/mol. The average Bonchev–Trinajstić information content (AvgIpc) is 3.17. The fraction of sp³-hybridized carbons (Fsp3) is 0.500. The third kappa shape index (κ3) is 4.11. The Morgan fingerprint density at radius 3 is 2.56 bits per heavy atom. The van der Waals surface area contributed by atoms with Crippen LogP contribution in [0.25, 0.3) is 0 Å². The molecule has 27 heavy (non-hydrogen) atoms. The van der Waals surface area contributed by atoms with E-state index >= 15 is 0 Å².